The number of amides is 1. The van der Waals surface area contributed by atoms with Crippen molar-refractivity contribution in [1.82, 2.24) is 9.62 Å². The SMILES string of the molecule is CC(C)C(=O)Nc1cccc(C2CCN(CC[C@H](NS(=O)(=O)c3ccc(F)cc3)c3ccccc3)CC2)c1. The minimum Gasteiger partial charge on any atom is -0.326 e. The number of rotatable bonds is 10. The van der Waals surface area contributed by atoms with E-state index in [1.807, 2.05) is 56.3 Å². The van der Waals surface area contributed by atoms with Gasteiger partial charge in [-0.15, -0.1) is 0 Å². The second-order valence-electron chi connectivity index (χ2n) is 10.2. The van der Waals surface area contributed by atoms with Gasteiger partial charge < -0.3 is 10.2 Å². The molecule has 0 aromatic heterocycles. The molecule has 1 fully saturated rings. The van der Waals surface area contributed by atoms with Crippen LogP contribution in [0.15, 0.2) is 83.8 Å². The van der Waals surface area contributed by atoms with Crippen LogP contribution < -0.4 is 10.0 Å². The van der Waals surface area contributed by atoms with Crippen molar-refractivity contribution in [2.75, 3.05) is 25.0 Å². The maximum absolute atomic E-state index is 13.3. The van der Waals surface area contributed by atoms with Gasteiger partial charge in [0.15, 0.2) is 0 Å². The third kappa shape index (κ3) is 7.49. The van der Waals surface area contributed by atoms with Crippen molar-refractivity contribution in [1.29, 1.82) is 0 Å². The van der Waals surface area contributed by atoms with Crippen LogP contribution in [-0.4, -0.2) is 38.9 Å². The molecular weight excluding hydrogens is 501 g/mol. The normalized spacial score (nSPS) is 15.9. The molecule has 1 amide bonds. The Bertz CT molecular complexity index is 1310. The van der Waals surface area contributed by atoms with E-state index >= 15 is 0 Å². The lowest BCUT2D eigenvalue weighted by molar-refractivity contribution is -0.118. The van der Waals surface area contributed by atoms with Gasteiger partial charge in [0, 0.05) is 17.6 Å². The summed E-state index contributed by atoms with van der Waals surface area (Å²) < 4.78 is 42.2. The molecule has 0 bridgehead atoms. The zero-order valence-corrected chi connectivity index (χ0v) is 22.8. The second kappa shape index (κ2) is 12.7. The quantitative estimate of drug-likeness (QED) is 0.347. The Morgan fingerprint density at radius 1 is 0.974 bits per heavy atom. The maximum atomic E-state index is 13.3. The Balaban J connectivity index is 1.36. The van der Waals surface area contributed by atoms with E-state index in [0.717, 1.165) is 55.9 Å². The molecule has 202 valence electrons. The van der Waals surface area contributed by atoms with Gasteiger partial charge in [0.1, 0.15) is 5.82 Å². The lowest BCUT2D eigenvalue weighted by atomic mass is 9.89. The van der Waals surface area contributed by atoms with E-state index in [-0.39, 0.29) is 16.7 Å². The molecule has 8 heteroatoms. The minimum absolute atomic E-state index is 0.0139. The summed E-state index contributed by atoms with van der Waals surface area (Å²) in [6.45, 7) is 6.34. The highest BCUT2D eigenvalue weighted by Crippen LogP contribution is 2.30. The molecule has 2 N–H and O–H groups in total. The van der Waals surface area contributed by atoms with E-state index in [9.17, 15) is 17.6 Å². The first kappa shape index (κ1) is 28.0. The third-order valence-electron chi connectivity index (χ3n) is 7.09. The van der Waals surface area contributed by atoms with E-state index in [1.165, 1.54) is 17.7 Å². The molecule has 1 atom stereocenters. The van der Waals surface area contributed by atoms with Crippen LogP contribution in [0.25, 0.3) is 0 Å². The van der Waals surface area contributed by atoms with Crippen LogP contribution in [0.1, 0.15) is 56.2 Å². The van der Waals surface area contributed by atoms with Gasteiger partial charge in [0.2, 0.25) is 15.9 Å². The molecule has 3 aromatic rings. The van der Waals surface area contributed by atoms with Crippen molar-refractivity contribution in [3.8, 4) is 0 Å². The summed E-state index contributed by atoms with van der Waals surface area (Å²) in [5.41, 5.74) is 2.97. The fourth-order valence-corrected chi connectivity index (χ4v) is 6.07. The molecule has 0 saturated carbocycles. The average molecular weight is 538 g/mol. The molecule has 0 unspecified atom stereocenters. The average Bonchev–Trinajstić information content (AvgIpc) is 2.92. The summed E-state index contributed by atoms with van der Waals surface area (Å²) in [5, 5.41) is 2.99. The number of piperidine rings is 1. The molecule has 1 saturated heterocycles. The van der Waals surface area contributed by atoms with Crippen molar-refractivity contribution < 1.29 is 17.6 Å². The largest absolute Gasteiger partial charge is 0.326 e. The van der Waals surface area contributed by atoms with E-state index in [4.69, 9.17) is 0 Å². The Labute approximate surface area is 225 Å². The Hall–Kier alpha value is -3.07. The van der Waals surface area contributed by atoms with Crippen LogP contribution in [0.5, 0.6) is 0 Å². The number of nitrogens with zero attached hydrogens (tertiary/aromatic N) is 1. The summed E-state index contributed by atoms with van der Waals surface area (Å²) >= 11 is 0. The molecular formula is C30H36FN3O3S. The number of carbonyl (C=O) groups is 1. The van der Waals surface area contributed by atoms with Crippen LogP contribution in [0, 0.1) is 11.7 Å². The predicted octanol–water partition coefficient (Wildman–Crippen LogP) is 5.71. The lowest BCUT2D eigenvalue weighted by Gasteiger charge is -2.33. The monoisotopic (exact) mass is 537 g/mol. The van der Waals surface area contributed by atoms with E-state index < -0.39 is 21.9 Å². The lowest BCUT2D eigenvalue weighted by Crippen LogP contribution is -2.36. The number of likely N-dealkylation sites (tertiary alicyclic amines) is 1. The molecule has 0 radical (unpaired) electrons. The number of anilines is 1. The first-order valence-corrected chi connectivity index (χ1v) is 14.7. The first-order valence-electron chi connectivity index (χ1n) is 13.2. The fourth-order valence-electron chi connectivity index (χ4n) is 4.81. The summed E-state index contributed by atoms with van der Waals surface area (Å²) in [6.07, 6.45) is 2.61. The van der Waals surface area contributed by atoms with Crippen molar-refractivity contribution in [2.24, 2.45) is 5.92 Å². The van der Waals surface area contributed by atoms with Crippen molar-refractivity contribution in [3.63, 3.8) is 0 Å². The van der Waals surface area contributed by atoms with Crippen LogP contribution >= 0.6 is 0 Å². The molecule has 4 rings (SSSR count). The Morgan fingerprint density at radius 3 is 2.32 bits per heavy atom. The molecule has 1 aliphatic rings. The minimum atomic E-state index is -3.81. The molecule has 0 aliphatic carbocycles. The molecule has 6 nitrogen and oxygen atoms in total. The van der Waals surface area contributed by atoms with Gasteiger partial charge in [-0.3, -0.25) is 4.79 Å². The standard InChI is InChI=1S/C30H36FN3O3S/c1-22(2)30(35)32-27-10-6-9-25(21-27)23-15-18-34(19-16-23)20-17-29(24-7-4-3-5-8-24)33-38(36,37)28-13-11-26(31)12-14-28/h3-14,21-23,29,33H,15-20H2,1-2H3,(H,32,35)/t29-/m0/s1. The number of nitrogens with one attached hydrogen (secondary N) is 2. The highest BCUT2D eigenvalue weighted by Gasteiger charge is 2.25. The van der Waals surface area contributed by atoms with Gasteiger partial charge >= 0.3 is 0 Å². The van der Waals surface area contributed by atoms with Crippen LogP contribution in [0.4, 0.5) is 10.1 Å². The van der Waals surface area contributed by atoms with Gasteiger partial charge in [0.25, 0.3) is 0 Å². The number of sulfonamides is 1. The van der Waals surface area contributed by atoms with Gasteiger partial charge in [-0.05, 0) is 92.3 Å². The van der Waals surface area contributed by atoms with Crippen LogP contribution in [0.2, 0.25) is 0 Å². The molecule has 1 heterocycles. The number of halogens is 1. The predicted molar refractivity (Wildman–Crippen MR) is 149 cm³/mol. The number of benzene rings is 3. The Kier molecular flexibility index (Phi) is 9.31. The van der Waals surface area contributed by atoms with Gasteiger partial charge in [-0.25, -0.2) is 17.5 Å². The smallest absolute Gasteiger partial charge is 0.241 e. The highest BCUT2D eigenvalue weighted by molar-refractivity contribution is 7.89. The Morgan fingerprint density at radius 2 is 1.66 bits per heavy atom. The number of carbonyl (C=O) groups excluding carboxylic acids is 1. The maximum Gasteiger partial charge on any atom is 0.241 e. The zero-order chi connectivity index (χ0) is 27.1. The highest BCUT2D eigenvalue weighted by atomic mass is 32.2. The molecule has 3 aromatic carbocycles. The molecule has 1 aliphatic heterocycles. The van der Waals surface area contributed by atoms with Gasteiger partial charge in [-0.1, -0.05) is 56.3 Å². The first-order chi connectivity index (χ1) is 18.2. The summed E-state index contributed by atoms with van der Waals surface area (Å²) in [7, 11) is -3.81. The van der Waals surface area contributed by atoms with E-state index in [0.29, 0.717) is 12.3 Å². The zero-order valence-electron chi connectivity index (χ0n) is 21.9. The second-order valence-corrected chi connectivity index (χ2v) is 11.9. The fraction of sp³-hybridized carbons (Fsp3) is 0.367. The van der Waals surface area contributed by atoms with Crippen LogP contribution in [0.3, 0.4) is 0 Å². The van der Waals surface area contributed by atoms with E-state index in [1.54, 1.807) is 0 Å². The summed E-state index contributed by atoms with van der Waals surface area (Å²) in [5.74, 6) is -0.107. The van der Waals surface area contributed by atoms with Crippen molar-refractivity contribution >= 4 is 21.6 Å². The topological polar surface area (TPSA) is 78.5 Å². The number of hydrogen-bond acceptors (Lipinski definition) is 4. The molecule has 38 heavy (non-hydrogen) atoms. The van der Waals surface area contributed by atoms with Gasteiger partial charge in [0.05, 0.1) is 4.90 Å². The molecule has 0 spiro atoms. The van der Waals surface area contributed by atoms with Crippen LogP contribution in [-0.2, 0) is 14.8 Å². The third-order valence-corrected chi connectivity index (χ3v) is 8.58. The number of hydrogen-bond donors (Lipinski definition) is 2. The van der Waals surface area contributed by atoms with E-state index in [2.05, 4.69) is 27.1 Å². The van der Waals surface area contributed by atoms with Crippen molar-refractivity contribution in [2.45, 2.75) is 50.0 Å². The van der Waals surface area contributed by atoms with Crippen molar-refractivity contribution in [3.05, 3.63) is 95.8 Å². The van der Waals surface area contributed by atoms with Gasteiger partial charge in [-0.2, -0.15) is 0 Å². The summed E-state index contributed by atoms with van der Waals surface area (Å²) in [4.78, 5) is 14.5. The summed E-state index contributed by atoms with van der Waals surface area (Å²) in [6, 6.07) is 22.2.